The average Bonchev–Trinajstić information content (AvgIpc) is 3.67. The zero-order valence-corrected chi connectivity index (χ0v) is 37.1. The number of aryl methyl sites for hydroxylation is 1. The Morgan fingerprint density at radius 3 is 2.16 bits per heavy atom. The highest BCUT2D eigenvalue weighted by Crippen LogP contribution is 2.37. The Kier molecular flexibility index (Phi) is 17.3. The molecule has 336 valence electrons. The number of rotatable bonds is 23. The summed E-state index contributed by atoms with van der Waals surface area (Å²) in [5.74, 6) is 0.675. The molecule has 1 unspecified atom stereocenters. The van der Waals surface area contributed by atoms with E-state index in [0.29, 0.717) is 70.4 Å². The minimum atomic E-state index is -0.240. The molecule has 3 N–H and O–H groups in total. The monoisotopic (exact) mass is 852 g/mol. The molecule has 7 rings (SSSR count). The normalized spacial score (nSPS) is 20.3. The number of nitrogens with one attached hydrogen (secondary N) is 2. The maximum atomic E-state index is 12.1. The second-order valence-corrected chi connectivity index (χ2v) is 17.4. The first-order valence-corrected chi connectivity index (χ1v) is 23.4. The van der Waals surface area contributed by atoms with Gasteiger partial charge in [0, 0.05) is 88.2 Å². The molecule has 62 heavy (non-hydrogen) atoms. The van der Waals surface area contributed by atoms with Crippen LogP contribution in [0.4, 0.5) is 5.95 Å². The largest absolute Gasteiger partial charge is 0.393 e. The van der Waals surface area contributed by atoms with E-state index >= 15 is 0 Å². The first kappa shape index (κ1) is 45.8. The van der Waals surface area contributed by atoms with Gasteiger partial charge >= 0.3 is 0 Å². The average molecular weight is 852 g/mol. The molecule has 0 spiro atoms. The van der Waals surface area contributed by atoms with E-state index in [1.54, 1.807) is 0 Å². The summed E-state index contributed by atoms with van der Waals surface area (Å²) >= 11 is 0. The lowest BCUT2D eigenvalue weighted by Gasteiger charge is -2.34. The maximum absolute atomic E-state index is 12.1. The Hall–Kier alpha value is -4.24. The van der Waals surface area contributed by atoms with Crippen LogP contribution in [0.5, 0.6) is 0 Å². The second kappa shape index (κ2) is 23.4. The Balaban J connectivity index is 0.754. The number of hydrogen-bond donors (Lipinski definition) is 3. The van der Waals surface area contributed by atoms with Crippen LogP contribution in [0.25, 0.3) is 22.2 Å². The number of benzene rings is 2. The number of carbonyl (C=O) groups is 2. The van der Waals surface area contributed by atoms with Crippen LogP contribution in [-0.4, -0.2) is 126 Å². The number of aliphatic hydroxyl groups excluding tert-OH is 1. The molecule has 13 nitrogen and oxygen atoms in total. The molecule has 1 atom stereocenters. The Morgan fingerprint density at radius 2 is 1.47 bits per heavy atom. The molecule has 0 radical (unpaired) electrons. The third-order valence-corrected chi connectivity index (χ3v) is 13.1. The number of fused-ring (bicyclic) bond motifs is 1. The van der Waals surface area contributed by atoms with Crippen LogP contribution in [0.15, 0.2) is 60.9 Å². The molecule has 2 aromatic heterocycles. The molecule has 1 saturated carbocycles. The lowest BCUT2D eigenvalue weighted by atomic mass is 9.90. The lowest BCUT2D eigenvalue weighted by molar-refractivity contribution is -0.134. The van der Waals surface area contributed by atoms with Gasteiger partial charge in [-0.1, -0.05) is 75.2 Å². The summed E-state index contributed by atoms with van der Waals surface area (Å²) in [6, 6.07) is 17.5. The van der Waals surface area contributed by atoms with Gasteiger partial charge in [-0.2, -0.15) is 4.98 Å². The molecule has 2 aromatic carbocycles. The number of aliphatic hydroxyl groups is 1. The standard InChI is InChI=1S/C49H69N7O6/c1-3-36(4-2)32-50-49-51-33-44-45(35-56(47(44)53-49)41-15-17-42(57)18-16-41)40-13-9-38(10-14-40)34-55-23-21-54(22-24-55)25-27-61-29-31-62-30-28-60-26-5-6-37-7-11-39(12-8-37)43-19-20-46(58)52-48(43)59/h7-14,33,35-36,41-43,57H,3-6,15-32,34H2,1-2H3,(H,50,51,53)(H,52,58,59). The van der Waals surface area contributed by atoms with Gasteiger partial charge in [-0.3, -0.25) is 24.7 Å². The molecular weight excluding hydrogens is 783 g/mol. The fourth-order valence-corrected chi connectivity index (χ4v) is 9.03. The number of aromatic nitrogens is 3. The minimum Gasteiger partial charge on any atom is -0.393 e. The number of carbonyl (C=O) groups excluding carboxylic acids is 2. The van der Waals surface area contributed by atoms with Gasteiger partial charge in [0.1, 0.15) is 5.65 Å². The Bertz CT molecular complexity index is 1990. The molecule has 13 heteroatoms. The number of imide groups is 1. The maximum Gasteiger partial charge on any atom is 0.234 e. The van der Waals surface area contributed by atoms with Crippen LogP contribution in [0.3, 0.4) is 0 Å². The van der Waals surface area contributed by atoms with Crippen molar-refractivity contribution < 1.29 is 28.9 Å². The van der Waals surface area contributed by atoms with Gasteiger partial charge < -0.3 is 29.2 Å². The zero-order valence-electron chi connectivity index (χ0n) is 37.1. The molecule has 4 aromatic rings. The van der Waals surface area contributed by atoms with Crippen molar-refractivity contribution >= 4 is 28.8 Å². The van der Waals surface area contributed by atoms with Crippen molar-refractivity contribution in [3.8, 4) is 11.1 Å². The van der Waals surface area contributed by atoms with Crippen LogP contribution in [0, 0.1) is 5.92 Å². The van der Waals surface area contributed by atoms with E-state index in [2.05, 4.69) is 81.4 Å². The van der Waals surface area contributed by atoms with Gasteiger partial charge in [0.25, 0.3) is 0 Å². The van der Waals surface area contributed by atoms with E-state index in [0.717, 1.165) is 114 Å². The van der Waals surface area contributed by atoms with Gasteiger partial charge in [0.2, 0.25) is 17.8 Å². The van der Waals surface area contributed by atoms with Crippen LogP contribution in [0.2, 0.25) is 0 Å². The highest BCUT2D eigenvalue weighted by Gasteiger charge is 2.28. The predicted molar refractivity (Wildman–Crippen MR) is 243 cm³/mol. The summed E-state index contributed by atoms with van der Waals surface area (Å²) in [4.78, 5) is 38.4. The minimum absolute atomic E-state index is 0.184. The van der Waals surface area contributed by atoms with Crippen LogP contribution in [0.1, 0.15) is 100 Å². The summed E-state index contributed by atoms with van der Waals surface area (Å²) in [6.07, 6.45) is 12.7. The molecule has 2 amide bonds. The number of nitrogens with zero attached hydrogens (tertiary/aromatic N) is 5. The number of amides is 2. The van der Waals surface area contributed by atoms with Crippen molar-refractivity contribution in [3.05, 3.63) is 77.6 Å². The lowest BCUT2D eigenvalue weighted by Crippen LogP contribution is -2.46. The predicted octanol–water partition coefficient (Wildman–Crippen LogP) is 6.74. The Morgan fingerprint density at radius 1 is 0.806 bits per heavy atom. The van der Waals surface area contributed by atoms with E-state index in [1.165, 1.54) is 22.3 Å². The smallest absolute Gasteiger partial charge is 0.234 e. The van der Waals surface area contributed by atoms with Crippen LogP contribution >= 0.6 is 0 Å². The molecule has 3 fully saturated rings. The fraction of sp³-hybridized carbons (Fsp3) is 0.592. The molecule has 3 aliphatic rings. The quantitative estimate of drug-likeness (QED) is 0.0540. The van der Waals surface area contributed by atoms with E-state index < -0.39 is 0 Å². The van der Waals surface area contributed by atoms with Crippen molar-refractivity contribution in [1.82, 2.24) is 29.7 Å². The highest BCUT2D eigenvalue weighted by molar-refractivity contribution is 6.01. The number of ether oxygens (including phenoxy) is 3. The SMILES string of the molecule is CCC(CC)CNc1ncc2c(-c3ccc(CN4CCN(CCOCCOCCOCCCc5ccc(C6CCC(=O)NC6=O)cc5)CC4)cc3)cn(C3CCC(O)CC3)c2n1. The fourth-order valence-electron chi connectivity index (χ4n) is 9.03. The van der Waals surface area contributed by atoms with E-state index in [-0.39, 0.29) is 23.8 Å². The van der Waals surface area contributed by atoms with Crippen molar-refractivity contribution in [2.75, 3.05) is 84.2 Å². The summed E-state index contributed by atoms with van der Waals surface area (Å²) < 4.78 is 19.7. The van der Waals surface area contributed by atoms with Gasteiger partial charge in [0.15, 0.2) is 0 Å². The first-order chi connectivity index (χ1) is 30.4. The van der Waals surface area contributed by atoms with Gasteiger partial charge in [-0.15, -0.1) is 0 Å². The van der Waals surface area contributed by atoms with Crippen molar-refractivity contribution in [1.29, 1.82) is 0 Å². The second-order valence-electron chi connectivity index (χ2n) is 17.4. The Labute approximate surface area is 367 Å². The summed E-state index contributed by atoms with van der Waals surface area (Å²) in [6.45, 7) is 15.0. The first-order valence-electron chi connectivity index (χ1n) is 23.4. The summed E-state index contributed by atoms with van der Waals surface area (Å²) in [7, 11) is 0. The third-order valence-electron chi connectivity index (χ3n) is 13.1. The zero-order chi connectivity index (χ0) is 43.1. The number of piperazine rings is 1. The van der Waals surface area contributed by atoms with Crippen molar-refractivity contribution in [2.24, 2.45) is 5.92 Å². The summed E-state index contributed by atoms with van der Waals surface area (Å²) in [5.41, 5.74) is 6.82. The molecule has 2 saturated heterocycles. The van der Waals surface area contributed by atoms with Gasteiger partial charge in [-0.25, -0.2) is 4.98 Å². The summed E-state index contributed by atoms with van der Waals surface area (Å²) in [5, 5.41) is 17.2. The molecule has 0 bridgehead atoms. The number of hydrogen-bond acceptors (Lipinski definition) is 11. The van der Waals surface area contributed by atoms with Gasteiger partial charge in [0.05, 0.1) is 45.1 Å². The topological polar surface area (TPSA) is 143 Å². The third kappa shape index (κ3) is 12.9. The van der Waals surface area contributed by atoms with E-state index in [9.17, 15) is 14.7 Å². The van der Waals surface area contributed by atoms with E-state index in [1.807, 2.05) is 18.3 Å². The van der Waals surface area contributed by atoms with Crippen LogP contribution in [-0.2, 0) is 36.8 Å². The number of piperidine rings is 1. The highest BCUT2D eigenvalue weighted by atomic mass is 16.5. The molecular formula is C49H69N7O6. The molecule has 2 aliphatic heterocycles. The van der Waals surface area contributed by atoms with Crippen molar-refractivity contribution in [2.45, 2.75) is 103 Å². The number of anilines is 1. The molecule has 1 aliphatic carbocycles. The van der Waals surface area contributed by atoms with E-state index in [4.69, 9.17) is 24.2 Å². The van der Waals surface area contributed by atoms with Crippen LogP contribution < -0.4 is 10.6 Å². The van der Waals surface area contributed by atoms with Gasteiger partial charge in [-0.05, 0) is 73.1 Å². The van der Waals surface area contributed by atoms with Crippen molar-refractivity contribution in [3.63, 3.8) is 0 Å². The molecule has 4 heterocycles.